The topological polar surface area (TPSA) is 76.8 Å². The lowest BCUT2D eigenvalue weighted by Crippen LogP contribution is -2.21. The van der Waals surface area contributed by atoms with Crippen molar-refractivity contribution in [2.24, 2.45) is 0 Å². The molecule has 7 nitrogen and oxygen atoms in total. The summed E-state index contributed by atoms with van der Waals surface area (Å²) in [5.41, 5.74) is 2.55. The predicted molar refractivity (Wildman–Crippen MR) is 103 cm³/mol. The van der Waals surface area contributed by atoms with Crippen molar-refractivity contribution < 1.29 is 18.7 Å². The number of carbonyl (C=O) groups is 1. The maximum absolute atomic E-state index is 12.6. The van der Waals surface area contributed by atoms with Gasteiger partial charge in [-0.25, -0.2) is 0 Å². The molecule has 3 aromatic rings. The molecular formula is C20H21N3O4. The third kappa shape index (κ3) is 3.40. The van der Waals surface area contributed by atoms with Crippen molar-refractivity contribution in [2.75, 3.05) is 36.5 Å². The monoisotopic (exact) mass is 367 g/mol. The number of ether oxygens (including phenoxy) is 2. The zero-order valence-electron chi connectivity index (χ0n) is 15.3. The van der Waals surface area contributed by atoms with Crippen LogP contribution in [-0.4, -0.2) is 37.2 Å². The number of anilines is 2. The van der Waals surface area contributed by atoms with E-state index in [1.165, 1.54) is 0 Å². The van der Waals surface area contributed by atoms with E-state index in [0.717, 1.165) is 13.1 Å². The number of hydrogen-bond donors (Lipinski definition) is 1. The molecule has 140 valence electrons. The average molecular weight is 367 g/mol. The van der Waals surface area contributed by atoms with E-state index < -0.39 is 0 Å². The van der Waals surface area contributed by atoms with E-state index in [0.29, 0.717) is 53.1 Å². The van der Waals surface area contributed by atoms with Crippen LogP contribution in [0.3, 0.4) is 0 Å². The summed E-state index contributed by atoms with van der Waals surface area (Å²) in [4.78, 5) is 19.1. The van der Waals surface area contributed by atoms with Gasteiger partial charge in [0.15, 0.2) is 17.1 Å². The van der Waals surface area contributed by atoms with Crippen molar-refractivity contribution in [1.29, 1.82) is 0 Å². The SMILES string of the molecule is CCN(CC)c1nc2cc(NC(=O)c3ccc4c(c3)OCCO4)ccc2o1. The number of nitrogens with zero attached hydrogens (tertiary/aromatic N) is 2. The molecule has 2 aromatic carbocycles. The second-order valence-corrected chi connectivity index (χ2v) is 6.16. The van der Waals surface area contributed by atoms with Crippen molar-refractivity contribution in [2.45, 2.75) is 13.8 Å². The Morgan fingerprint density at radius 1 is 1.07 bits per heavy atom. The van der Waals surface area contributed by atoms with Crippen LogP contribution in [0.25, 0.3) is 11.1 Å². The van der Waals surface area contributed by atoms with Gasteiger partial charge in [-0.2, -0.15) is 4.98 Å². The van der Waals surface area contributed by atoms with Gasteiger partial charge in [0, 0.05) is 24.3 Å². The number of oxazole rings is 1. The zero-order chi connectivity index (χ0) is 18.8. The summed E-state index contributed by atoms with van der Waals surface area (Å²) < 4.78 is 16.8. The summed E-state index contributed by atoms with van der Waals surface area (Å²) >= 11 is 0. The summed E-state index contributed by atoms with van der Waals surface area (Å²) in [7, 11) is 0. The Morgan fingerprint density at radius 2 is 1.85 bits per heavy atom. The third-order valence-corrected chi connectivity index (χ3v) is 4.47. The second-order valence-electron chi connectivity index (χ2n) is 6.16. The molecule has 0 fully saturated rings. The average Bonchev–Trinajstić information content (AvgIpc) is 3.11. The van der Waals surface area contributed by atoms with Crippen LogP contribution < -0.4 is 19.7 Å². The van der Waals surface area contributed by atoms with Gasteiger partial charge in [-0.1, -0.05) is 0 Å². The fourth-order valence-electron chi connectivity index (χ4n) is 3.01. The van der Waals surface area contributed by atoms with E-state index in [2.05, 4.69) is 24.1 Å². The van der Waals surface area contributed by atoms with Gasteiger partial charge in [0.05, 0.1) is 0 Å². The van der Waals surface area contributed by atoms with Crippen molar-refractivity contribution >= 4 is 28.7 Å². The second kappa shape index (κ2) is 7.19. The minimum atomic E-state index is -0.223. The Bertz CT molecular complexity index is 979. The largest absolute Gasteiger partial charge is 0.486 e. The molecule has 0 saturated heterocycles. The van der Waals surface area contributed by atoms with Crippen LogP contribution in [-0.2, 0) is 0 Å². The highest BCUT2D eigenvalue weighted by Crippen LogP contribution is 2.31. The fraction of sp³-hybridized carbons (Fsp3) is 0.300. The summed E-state index contributed by atoms with van der Waals surface area (Å²) in [6, 6.07) is 11.2. The van der Waals surface area contributed by atoms with Crippen molar-refractivity contribution in [3.8, 4) is 11.5 Å². The van der Waals surface area contributed by atoms with Gasteiger partial charge in [0.1, 0.15) is 18.7 Å². The first-order valence-electron chi connectivity index (χ1n) is 9.04. The van der Waals surface area contributed by atoms with E-state index in [9.17, 15) is 4.79 Å². The van der Waals surface area contributed by atoms with Crippen LogP contribution in [0.1, 0.15) is 24.2 Å². The molecule has 4 rings (SSSR count). The molecule has 1 N–H and O–H groups in total. The maximum atomic E-state index is 12.6. The number of amides is 1. The van der Waals surface area contributed by atoms with E-state index in [1.54, 1.807) is 24.3 Å². The minimum absolute atomic E-state index is 0.223. The molecule has 1 aliphatic rings. The first-order valence-corrected chi connectivity index (χ1v) is 9.04. The molecular weight excluding hydrogens is 346 g/mol. The molecule has 0 spiro atoms. The van der Waals surface area contributed by atoms with Crippen LogP contribution in [0.5, 0.6) is 11.5 Å². The molecule has 0 atom stereocenters. The Hall–Kier alpha value is -3.22. The standard InChI is InChI=1S/C20H21N3O4/c1-3-23(4-2)20-22-15-12-14(6-8-16(15)27-20)21-19(24)13-5-7-17-18(11-13)26-10-9-25-17/h5-8,11-12H,3-4,9-10H2,1-2H3,(H,21,24). The predicted octanol–water partition coefficient (Wildman–Crippen LogP) is 3.70. The Morgan fingerprint density at radius 3 is 2.63 bits per heavy atom. The molecule has 7 heteroatoms. The van der Waals surface area contributed by atoms with E-state index in [-0.39, 0.29) is 5.91 Å². The van der Waals surface area contributed by atoms with Crippen LogP contribution in [0, 0.1) is 0 Å². The zero-order valence-corrected chi connectivity index (χ0v) is 15.3. The first-order chi connectivity index (χ1) is 13.2. The van der Waals surface area contributed by atoms with Gasteiger partial charge >= 0.3 is 0 Å². The minimum Gasteiger partial charge on any atom is -0.486 e. The Kier molecular flexibility index (Phi) is 4.58. The molecule has 2 heterocycles. The summed E-state index contributed by atoms with van der Waals surface area (Å²) in [5.74, 6) is 1.02. The lowest BCUT2D eigenvalue weighted by molar-refractivity contribution is 0.102. The molecule has 0 radical (unpaired) electrons. The van der Waals surface area contributed by atoms with Crippen molar-refractivity contribution in [1.82, 2.24) is 4.98 Å². The van der Waals surface area contributed by atoms with Crippen LogP contribution >= 0.6 is 0 Å². The molecule has 0 bridgehead atoms. The summed E-state index contributed by atoms with van der Waals surface area (Å²) in [6.45, 7) is 6.74. The summed E-state index contributed by atoms with van der Waals surface area (Å²) in [5, 5.41) is 2.89. The highest BCUT2D eigenvalue weighted by Gasteiger charge is 2.16. The van der Waals surface area contributed by atoms with Gasteiger partial charge in [0.25, 0.3) is 11.9 Å². The number of aromatic nitrogens is 1. The molecule has 0 unspecified atom stereocenters. The van der Waals surface area contributed by atoms with Gasteiger partial charge in [-0.15, -0.1) is 0 Å². The number of hydrogen-bond acceptors (Lipinski definition) is 6. The Labute approximate surface area is 156 Å². The quantitative estimate of drug-likeness (QED) is 0.741. The highest BCUT2D eigenvalue weighted by molar-refractivity contribution is 6.05. The van der Waals surface area contributed by atoms with Crippen LogP contribution in [0.4, 0.5) is 11.7 Å². The molecule has 0 aliphatic carbocycles. The number of carbonyl (C=O) groups excluding carboxylic acids is 1. The van der Waals surface area contributed by atoms with Crippen molar-refractivity contribution in [3.63, 3.8) is 0 Å². The number of nitrogens with one attached hydrogen (secondary N) is 1. The lowest BCUT2D eigenvalue weighted by atomic mass is 10.1. The first kappa shape index (κ1) is 17.2. The van der Waals surface area contributed by atoms with Crippen molar-refractivity contribution in [3.05, 3.63) is 42.0 Å². The third-order valence-electron chi connectivity index (χ3n) is 4.47. The highest BCUT2D eigenvalue weighted by atomic mass is 16.6. The fourth-order valence-corrected chi connectivity index (χ4v) is 3.01. The summed E-state index contributed by atoms with van der Waals surface area (Å²) in [6.07, 6.45) is 0. The number of rotatable bonds is 5. The normalized spacial score (nSPS) is 12.8. The smallest absolute Gasteiger partial charge is 0.298 e. The van der Waals surface area contributed by atoms with Gasteiger partial charge in [-0.3, -0.25) is 4.79 Å². The van der Waals surface area contributed by atoms with Gasteiger partial charge < -0.3 is 24.1 Å². The van der Waals surface area contributed by atoms with E-state index >= 15 is 0 Å². The molecule has 1 amide bonds. The molecule has 1 aliphatic heterocycles. The number of fused-ring (bicyclic) bond motifs is 2. The number of benzene rings is 2. The van der Waals surface area contributed by atoms with E-state index in [4.69, 9.17) is 13.9 Å². The van der Waals surface area contributed by atoms with Crippen LogP contribution in [0.15, 0.2) is 40.8 Å². The lowest BCUT2D eigenvalue weighted by Gasteiger charge is -2.18. The molecule has 27 heavy (non-hydrogen) atoms. The van der Waals surface area contributed by atoms with Crippen LogP contribution in [0.2, 0.25) is 0 Å². The Balaban J connectivity index is 1.55. The van der Waals surface area contributed by atoms with E-state index in [1.807, 2.05) is 17.0 Å². The van der Waals surface area contributed by atoms with Gasteiger partial charge in [0.2, 0.25) is 0 Å². The maximum Gasteiger partial charge on any atom is 0.298 e. The molecule has 0 saturated carbocycles. The van der Waals surface area contributed by atoms with Gasteiger partial charge in [-0.05, 0) is 50.2 Å². The molecule has 1 aromatic heterocycles.